The lowest BCUT2D eigenvalue weighted by atomic mass is 9.93. The molecule has 8 nitrogen and oxygen atoms in total. The molecular weight excluding hydrogens is 499 g/mol. The molecule has 3 aromatic carbocycles. The van der Waals surface area contributed by atoms with Crippen LogP contribution in [0.5, 0.6) is 0 Å². The maximum absolute atomic E-state index is 15.0. The smallest absolute Gasteiger partial charge is 0.322 e. The van der Waals surface area contributed by atoms with Crippen LogP contribution in [0.25, 0.3) is 0 Å². The summed E-state index contributed by atoms with van der Waals surface area (Å²) in [5.41, 5.74) is 2.76. The van der Waals surface area contributed by atoms with Crippen molar-refractivity contribution in [3.05, 3.63) is 88.7 Å². The van der Waals surface area contributed by atoms with Crippen molar-refractivity contribution < 1.29 is 23.5 Å². The summed E-state index contributed by atoms with van der Waals surface area (Å²) < 4.78 is 20.1. The number of hydrogen-bond donors (Lipinski definition) is 2. The van der Waals surface area contributed by atoms with Gasteiger partial charge in [-0.3, -0.25) is 9.59 Å². The van der Waals surface area contributed by atoms with Gasteiger partial charge >= 0.3 is 6.03 Å². The van der Waals surface area contributed by atoms with E-state index in [1.807, 2.05) is 24.3 Å². The highest BCUT2D eigenvalue weighted by molar-refractivity contribution is 6.30. The number of benzene rings is 3. The van der Waals surface area contributed by atoms with Crippen LogP contribution >= 0.6 is 11.6 Å². The van der Waals surface area contributed by atoms with Gasteiger partial charge < -0.3 is 25.2 Å². The maximum atomic E-state index is 15.0. The molecule has 2 N–H and O–H groups in total. The summed E-state index contributed by atoms with van der Waals surface area (Å²) in [5.74, 6) is -1.46. The van der Waals surface area contributed by atoms with Gasteiger partial charge in [0.25, 0.3) is 5.91 Å². The van der Waals surface area contributed by atoms with E-state index in [-0.39, 0.29) is 31.2 Å². The number of rotatable bonds is 4. The number of anilines is 3. The summed E-state index contributed by atoms with van der Waals surface area (Å²) in [7, 11) is 0. The van der Waals surface area contributed by atoms with Crippen molar-refractivity contribution in [3.8, 4) is 0 Å². The summed E-state index contributed by atoms with van der Waals surface area (Å²) in [5, 5.41) is 5.97. The van der Waals surface area contributed by atoms with Gasteiger partial charge in [0.2, 0.25) is 5.91 Å². The molecule has 10 heteroatoms. The van der Waals surface area contributed by atoms with E-state index >= 15 is 0 Å². The second-order valence-corrected chi connectivity index (χ2v) is 9.24. The van der Waals surface area contributed by atoms with Crippen LogP contribution in [0.2, 0.25) is 5.02 Å². The minimum Gasteiger partial charge on any atom is -0.370 e. The van der Waals surface area contributed by atoms with Gasteiger partial charge in [-0.25, -0.2) is 9.18 Å². The molecule has 0 aliphatic carbocycles. The Kier molecular flexibility index (Phi) is 7.07. The second-order valence-electron chi connectivity index (χ2n) is 8.80. The summed E-state index contributed by atoms with van der Waals surface area (Å²) in [4.78, 5) is 41.6. The summed E-state index contributed by atoms with van der Waals surface area (Å²) in [6.45, 7) is 0.845. The number of ether oxygens (including phenoxy) is 1. The lowest BCUT2D eigenvalue weighted by Gasteiger charge is -2.36. The van der Waals surface area contributed by atoms with E-state index in [2.05, 4.69) is 10.6 Å². The van der Waals surface area contributed by atoms with Gasteiger partial charge in [0.15, 0.2) is 0 Å². The van der Waals surface area contributed by atoms with Gasteiger partial charge in [-0.15, -0.1) is 0 Å². The third-order valence-corrected chi connectivity index (χ3v) is 6.67. The number of carbonyl (C=O) groups excluding carboxylic acids is 3. The van der Waals surface area contributed by atoms with Crippen molar-refractivity contribution in [2.45, 2.75) is 19.0 Å². The van der Waals surface area contributed by atoms with E-state index in [4.69, 9.17) is 16.3 Å². The number of carbonyl (C=O) groups is 3. The fourth-order valence-corrected chi connectivity index (χ4v) is 4.61. The summed E-state index contributed by atoms with van der Waals surface area (Å²) in [6, 6.07) is 17.1. The van der Waals surface area contributed by atoms with Gasteiger partial charge in [0, 0.05) is 35.9 Å². The fraction of sp³-hybridized carbons (Fsp3) is 0.222. The molecule has 0 aromatic heterocycles. The number of nitrogens with zero attached hydrogens (tertiary/aromatic N) is 2. The Morgan fingerprint density at radius 2 is 1.76 bits per heavy atom. The van der Waals surface area contributed by atoms with Crippen LogP contribution in [-0.2, 0) is 27.3 Å². The Balaban J connectivity index is 1.36. The van der Waals surface area contributed by atoms with Gasteiger partial charge in [-0.1, -0.05) is 35.9 Å². The standard InChI is InChI=1S/C27H24ClFN4O4/c28-19-5-7-20(8-6-19)30-27(36)33-15-18-4-2-1-3-17(18)13-24(33)26(35)31-23-10-9-21(14-22(23)29)32-11-12-37-16-25(32)34/h1-10,14,24H,11-13,15-16H2,(H,30,36)(H,31,35)/t24-/m0/s1. The Hall–Kier alpha value is -3.95. The third kappa shape index (κ3) is 5.42. The van der Waals surface area contributed by atoms with Crippen LogP contribution in [0.1, 0.15) is 11.1 Å². The van der Waals surface area contributed by atoms with Gasteiger partial charge in [-0.2, -0.15) is 0 Å². The molecule has 0 saturated carbocycles. The predicted octanol–water partition coefficient (Wildman–Crippen LogP) is 4.44. The molecule has 4 amide bonds. The number of fused-ring (bicyclic) bond motifs is 1. The van der Waals surface area contributed by atoms with Crippen LogP contribution < -0.4 is 15.5 Å². The minimum absolute atomic E-state index is 0.0358. The van der Waals surface area contributed by atoms with Crippen molar-refractivity contribution >= 4 is 46.5 Å². The first-order valence-corrected chi connectivity index (χ1v) is 12.2. The van der Waals surface area contributed by atoms with Crippen molar-refractivity contribution in [1.82, 2.24) is 4.90 Å². The average Bonchev–Trinajstić information content (AvgIpc) is 2.90. The zero-order chi connectivity index (χ0) is 25.9. The first-order chi connectivity index (χ1) is 17.9. The van der Waals surface area contributed by atoms with Gasteiger partial charge in [0.05, 0.1) is 12.3 Å². The lowest BCUT2D eigenvalue weighted by molar-refractivity contribution is -0.125. The van der Waals surface area contributed by atoms with Crippen LogP contribution in [0.3, 0.4) is 0 Å². The highest BCUT2D eigenvalue weighted by Crippen LogP contribution is 2.27. The number of halogens is 2. The molecule has 2 aliphatic rings. The molecular formula is C27H24ClFN4O4. The second kappa shape index (κ2) is 10.6. The van der Waals surface area contributed by atoms with E-state index in [1.165, 1.54) is 21.9 Å². The SMILES string of the molecule is O=C(Nc1ccc(N2CCOCC2=O)cc1F)[C@@H]1Cc2ccccc2CN1C(=O)Nc1ccc(Cl)cc1. The van der Waals surface area contributed by atoms with Crippen molar-refractivity contribution in [3.63, 3.8) is 0 Å². The van der Waals surface area contributed by atoms with Crippen molar-refractivity contribution in [2.75, 3.05) is 35.3 Å². The molecule has 0 radical (unpaired) electrons. The Morgan fingerprint density at radius 1 is 1.00 bits per heavy atom. The molecule has 0 bridgehead atoms. The topological polar surface area (TPSA) is 91.0 Å². The molecule has 37 heavy (non-hydrogen) atoms. The Morgan fingerprint density at radius 3 is 2.49 bits per heavy atom. The largest absolute Gasteiger partial charge is 0.370 e. The first-order valence-electron chi connectivity index (χ1n) is 11.8. The third-order valence-electron chi connectivity index (χ3n) is 6.42. The van der Waals surface area contributed by atoms with Crippen LogP contribution in [-0.4, -0.2) is 48.5 Å². The maximum Gasteiger partial charge on any atom is 0.322 e. The van der Waals surface area contributed by atoms with E-state index in [1.54, 1.807) is 30.3 Å². The molecule has 0 unspecified atom stereocenters. The molecule has 1 fully saturated rings. The monoisotopic (exact) mass is 522 g/mol. The lowest BCUT2D eigenvalue weighted by Crippen LogP contribution is -2.52. The van der Waals surface area contributed by atoms with E-state index in [0.29, 0.717) is 29.5 Å². The average molecular weight is 523 g/mol. The van der Waals surface area contributed by atoms with Gasteiger partial charge in [0.1, 0.15) is 18.5 Å². The molecule has 2 heterocycles. The fourth-order valence-electron chi connectivity index (χ4n) is 4.48. The predicted molar refractivity (Wildman–Crippen MR) is 138 cm³/mol. The molecule has 190 valence electrons. The van der Waals surface area contributed by atoms with Crippen LogP contribution in [0.4, 0.5) is 26.2 Å². The minimum atomic E-state index is -0.873. The van der Waals surface area contributed by atoms with E-state index in [9.17, 15) is 18.8 Å². The van der Waals surface area contributed by atoms with Crippen LogP contribution in [0, 0.1) is 5.82 Å². The molecule has 5 rings (SSSR count). The van der Waals surface area contributed by atoms with E-state index < -0.39 is 23.8 Å². The van der Waals surface area contributed by atoms with E-state index in [0.717, 1.165) is 11.1 Å². The molecule has 3 aromatic rings. The Labute approximate surface area is 218 Å². The number of nitrogens with one attached hydrogen (secondary N) is 2. The van der Waals surface area contributed by atoms with Crippen LogP contribution in [0.15, 0.2) is 66.7 Å². The number of morpholine rings is 1. The zero-order valence-electron chi connectivity index (χ0n) is 19.7. The highest BCUT2D eigenvalue weighted by Gasteiger charge is 2.35. The molecule has 1 atom stereocenters. The number of amides is 4. The molecule has 1 saturated heterocycles. The quantitative estimate of drug-likeness (QED) is 0.530. The zero-order valence-corrected chi connectivity index (χ0v) is 20.5. The number of urea groups is 1. The van der Waals surface area contributed by atoms with Crippen molar-refractivity contribution in [1.29, 1.82) is 0 Å². The Bertz CT molecular complexity index is 1350. The van der Waals surface area contributed by atoms with Gasteiger partial charge in [-0.05, 0) is 53.6 Å². The highest BCUT2D eigenvalue weighted by atomic mass is 35.5. The molecule has 2 aliphatic heterocycles. The first kappa shape index (κ1) is 24.7. The van der Waals surface area contributed by atoms with Crippen molar-refractivity contribution in [2.24, 2.45) is 0 Å². The summed E-state index contributed by atoms with van der Waals surface area (Å²) in [6.07, 6.45) is 0.276. The molecule has 0 spiro atoms. The summed E-state index contributed by atoms with van der Waals surface area (Å²) >= 11 is 5.94. The normalized spacial score (nSPS) is 17.2. The number of hydrogen-bond acceptors (Lipinski definition) is 4.